The lowest BCUT2D eigenvalue weighted by molar-refractivity contribution is 0.403. The van der Waals surface area contributed by atoms with Crippen molar-refractivity contribution in [3.05, 3.63) is 126 Å². The van der Waals surface area contributed by atoms with E-state index in [0.717, 1.165) is 33.4 Å². The molecule has 4 nitrogen and oxygen atoms in total. The van der Waals surface area contributed by atoms with Gasteiger partial charge in [-0.2, -0.15) is 0 Å². The van der Waals surface area contributed by atoms with Crippen molar-refractivity contribution in [3.63, 3.8) is 0 Å². The second kappa shape index (κ2) is 10.5. The molecule has 0 N–H and O–H groups in total. The van der Waals surface area contributed by atoms with Gasteiger partial charge in [0, 0.05) is 11.1 Å². The second-order valence-electron chi connectivity index (χ2n) is 9.39. The third-order valence-corrected chi connectivity index (χ3v) is 9.46. The van der Waals surface area contributed by atoms with Crippen LogP contribution in [0, 0.1) is 5.82 Å². The van der Waals surface area contributed by atoms with Crippen molar-refractivity contribution in [2.24, 2.45) is 0 Å². The van der Waals surface area contributed by atoms with Gasteiger partial charge in [0.05, 0.1) is 24.8 Å². The molecule has 0 aliphatic carbocycles. The van der Waals surface area contributed by atoms with Crippen LogP contribution in [-0.4, -0.2) is 14.2 Å². The fraction of sp³-hybridized carbons (Fsp3) is 0.0588. The Morgan fingerprint density at radius 2 is 1.40 bits per heavy atom. The van der Waals surface area contributed by atoms with Crippen LogP contribution < -0.4 is 24.6 Å². The van der Waals surface area contributed by atoms with E-state index in [9.17, 15) is 8.96 Å². The van der Waals surface area contributed by atoms with Crippen molar-refractivity contribution >= 4 is 30.1 Å². The van der Waals surface area contributed by atoms with E-state index in [1.165, 1.54) is 12.1 Å². The Morgan fingerprint density at radius 3 is 2.15 bits per heavy atom. The van der Waals surface area contributed by atoms with Crippen LogP contribution in [-0.2, 0) is 4.57 Å². The van der Waals surface area contributed by atoms with Crippen LogP contribution in [0.15, 0.2) is 109 Å². The summed E-state index contributed by atoms with van der Waals surface area (Å²) < 4.78 is 46.1. The topological polar surface area (TPSA) is 44.8 Å². The molecule has 0 spiro atoms. The maximum absolute atomic E-state index is 14.9. The molecule has 0 radical (unpaired) electrons. The average Bonchev–Trinajstić information content (AvgIpc) is 3.00. The maximum atomic E-state index is 14.9. The minimum Gasteiger partial charge on any atom is -0.496 e. The van der Waals surface area contributed by atoms with E-state index >= 15 is 0 Å². The fourth-order valence-corrected chi connectivity index (χ4v) is 7.40. The van der Waals surface area contributed by atoms with Crippen molar-refractivity contribution in [1.29, 1.82) is 0 Å². The van der Waals surface area contributed by atoms with Gasteiger partial charge in [-0.15, -0.1) is 0 Å². The Hall–Kier alpha value is -4.60. The summed E-state index contributed by atoms with van der Waals surface area (Å²) in [6, 6.07) is 33.4. The fourth-order valence-electron chi connectivity index (χ4n) is 4.98. The first-order chi connectivity index (χ1) is 19.5. The monoisotopic (exact) mass is 548 g/mol. The zero-order valence-electron chi connectivity index (χ0n) is 22.0. The molecule has 0 fully saturated rings. The minimum absolute atomic E-state index is 0.295. The number of methoxy groups -OCH3 is 2. The summed E-state index contributed by atoms with van der Waals surface area (Å²) in [4.78, 5) is 0. The summed E-state index contributed by atoms with van der Waals surface area (Å²) in [5.41, 5.74) is 5.42. The summed E-state index contributed by atoms with van der Waals surface area (Å²) >= 11 is 0. The lowest BCUT2D eigenvalue weighted by Crippen LogP contribution is -2.26. The molecule has 0 saturated heterocycles. The molecule has 1 unspecified atom stereocenters. The number of fused-ring (bicyclic) bond motifs is 3. The second-order valence-corrected chi connectivity index (χ2v) is 11.6. The number of benzene rings is 5. The molecular weight excluding hydrogens is 522 g/mol. The lowest BCUT2D eigenvalue weighted by Gasteiger charge is -2.30. The number of hydrogen-bond acceptors (Lipinski definition) is 4. The Morgan fingerprint density at radius 1 is 0.675 bits per heavy atom. The van der Waals surface area contributed by atoms with Crippen LogP contribution in [0.4, 0.5) is 4.39 Å². The molecule has 0 amide bonds. The molecule has 5 aromatic rings. The van der Waals surface area contributed by atoms with Gasteiger partial charge in [-0.25, -0.2) is 4.39 Å². The molecule has 1 heterocycles. The molecule has 40 heavy (non-hydrogen) atoms. The minimum atomic E-state index is -3.64. The van der Waals surface area contributed by atoms with E-state index in [2.05, 4.69) is 18.2 Å². The summed E-state index contributed by atoms with van der Waals surface area (Å²) in [7, 11) is -0.538. The first-order valence-corrected chi connectivity index (χ1v) is 14.4. The number of halogens is 1. The molecule has 5 aromatic carbocycles. The van der Waals surface area contributed by atoms with E-state index in [-0.39, 0.29) is 5.82 Å². The molecule has 1 aliphatic heterocycles. The Bertz CT molecular complexity index is 1780. The van der Waals surface area contributed by atoms with Crippen molar-refractivity contribution in [3.8, 4) is 39.5 Å². The zero-order valence-corrected chi connectivity index (χ0v) is 22.9. The summed E-state index contributed by atoms with van der Waals surface area (Å²) in [6.07, 6.45) is 3.70. The van der Waals surface area contributed by atoms with Crippen LogP contribution in [0.1, 0.15) is 11.1 Å². The van der Waals surface area contributed by atoms with Crippen LogP contribution in [0.25, 0.3) is 34.4 Å². The Kier molecular flexibility index (Phi) is 6.75. The van der Waals surface area contributed by atoms with Crippen LogP contribution in [0.5, 0.6) is 17.2 Å². The lowest BCUT2D eigenvalue weighted by atomic mass is 9.98. The highest BCUT2D eigenvalue weighted by Gasteiger charge is 2.40. The quantitative estimate of drug-likeness (QED) is 0.160. The molecule has 1 aliphatic rings. The highest BCUT2D eigenvalue weighted by molar-refractivity contribution is 7.75. The van der Waals surface area contributed by atoms with Crippen LogP contribution in [0.3, 0.4) is 0 Å². The van der Waals surface area contributed by atoms with Crippen molar-refractivity contribution in [2.75, 3.05) is 14.2 Å². The van der Waals surface area contributed by atoms with E-state index in [0.29, 0.717) is 27.9 Å². The molecule has 6 heteroatoms. The zero-order chi connectivity index (χ0) is 27.7. The van der Waals surface area contributed by atoms with Gasteiger partial charge in [-0.3, -0.25) is 4.57 Å². The van der Waals surface area contributed by atoms with E-state index < -0.39 is 7.37 Å². The molecule has 198 valence electrons. The number of rotatable bonds is 6. The number of hydrogen-bond donors (Lipinski definition) is 0. The third kappa shape index (κ3) is 4.59. The smallest absolute Gasteiger partial charge is 0.311 e. The molecule has 0 aromatic heterocycles. The summed E-state index contributed by atoms with van der Waals surface area (Å²) in [6.45, 7) is 0. The van der Waals surface area contributed by atoms with Gasteiger partial charge < -0.3 is 14.0 Å². The van der Waals surface area contributed by atoms with Crippen molar-refractivity contribution in [1.82, 2.24) is 0 Å². The average molecular weight is 549 g/mol. The van der Waals surface area contributed by atoms with Crippen LogP contribution >= 0.6 is 7.37 Å². The van der Waals surface area contributed by atoms with Crippen LogP contribution in [0.2, 0.25) is 0 Å². The molecule has 1 atom stereocenters. The maximum Gasteiger partial charge on any atom is 0.311 e. The van der Waals surface area contributed by atoms with Gasteiger partial charge in [0.2, 0.25) is 0 Å². The van der Waals surface area contributed by atoms with Gasteiger partial charge >= 0.3 is 7.37 Å². The normalized spacial score (nSPS) is 15.7. The standard InChI is InChI=1S/C34H26FO4P/c1-37-31-22-34(32(38-2)21-26(31)15-12-23-13-17-27(35)18-14-23)40(36)33-11-7-6-10-28(33)29-20-25(16-19-30(29)39-40)24-8-4-3-5-9-24/h3-22H,1-2H3. The Labute approximate surface area is 232 Å². The first kappa shape index (κ1) is 25.7. The molecular formula is C34H26FO4P. The van der Waals surface area contributed by atoms with Crippen molar-refractivity contribution in [2.45, 2.75) is 0 Å². The highest BCUT2D eigenvalue weighted by Crippen LogP contribution is 2.56. The van der Waals surface area contributed by atoms with E-state index in [1.807, 2.05) is 66.7 Å². The summed E-state index contributed by atoms with van der Waals surface area (Å²) in [5, 5.41) is 1.01. The summed E-state index contributed by atoms with van der Waals surface area (Å²) in [5.74, 6) is 1.18. The number of ether oxygens (including phenoxy) is 2. The predicted octanol–water partition coefficient (Wildman–Crippen LogP) is 7.97. The van der Waals surface area contributed by atoms with E-state index in [4.69, 9.17) is 14.0 Å². The predicted molar refractivity (Wildman–Crippen MR) is 160 cm³/mol. The van der Waals surface area contributed by atoms with Gasteiger partial charge in [-0.1, -0.05) is 78.9 Å². The largest absolute Gasteiger partial charge is 0.496 e. The van der Waals surface area contributed by atoms with Gasteiger partial charge in [0.15, 0.2) is 0 Å². The highest BCUT2D eigenvalue weighted by atomic mass is 31.2. The SMILES string of the molecule is COc1cc(P2(=O)Oc3ccc(-c4ccccc4)cc3-c3ccccc32)c(OC)cc1C=Cc1ccc(F)cc1. The first-order valence-electron chi connectivity index (χ1n) is 12.8. The van der Waals surface area contributed by atoms with Gasteiger partial charge in [0.1, 0.15) is 23.1 Å². The third-order valence-electron chi connectivity index (χ3n) is 7.00. The van der Waals surface area contributed by atoms with Crippen molar-refractivity contribution < 1.29 is 23.0 Å². The molecule has 0 bridgehead atoms. The van der Waals surface area contributed by atoms with E-state index in [1.54, 1.807) is 38.5 Å². The van der Waals surface area contributed by atoms with Gasteiger partial charge in [-0.05, 0) is 64.7 Å². The molecule has 0 saturated carbocycles. The molecule has 6 rings (SSSR count). The van der Waals surface area contributed by atoms with Gasteiger partial charge in [0.25, 0.3) is 0 Å². The Balaban J connectivity index is 1.46.